The lowest BCUT2D eigenvalue weighted by Gasteiger charge is -2.32. The van der Waals surface area contributed by atoms with E-state index in [1.165, 1.54) is 31.5 Å². The molecule has 15 heavy (non-hydrogen) atoms. The first-order valence-electron chi connectivity index (χ1n) is 5.23. The summed E-state index contributed by atoms with van der Waals surface area (Å²) in [4.78, 5) is 2.39. The maximum atomic E-state index is 6.25. The predicted molar refractivity (Wildman–Crippen MR) is 68.7 cm³/mol. The Morgan fingerprint density at radius 3 is 2.67 bits per heavy atom. The quantitative estimate of drug-likeness (QED) is 0.869. The van der Waals surface area contributed by atoms with Gasteiger partial charge in [-0.3, -0.25) is 0 Å². The molecule has 1 saturated heterocycles. The molecule has 1 fully saturated rings. The summed E-state index contributed by atoms with van der Waals surface area (Å²) in [6.45, 7) is 2.39. The van der Waals surface area contributed by atoms with Gasteiger partial charge in [0.05, 0.1) is 0 Å². The third-order valence-electron chi connectivity index (χ3n) is 3.20. The number of hydrogen-bond acceptors (Lipinski definition) is 3. The second kappa shape index (κ2) is 5.85. The second-order valence-electron chi connectivity index (χ2n) is 4.22. The molecule has 0 radical (unpaired) electrons. The van der Waals surface area contributed by atoms with Crippen LogP contribution in [0, 0.1) is 5.92 Å². The van der Waals surface area contributed by atoms with Crippen molar-refractivity contribution in [3.05, 3.63) is 22.4 Å². The van der Waals surface area contributed by atoms with Crippen molar-refractivity contribution < 1.29 is 0 Å². The fourth-order valence-corrected chi connectivity index (χ4v) is 2.83. The Hall–Kier alpha value is -0.0900. The minimum absolute atomic E-state index is 0. The number of hydrogen-bond donors (Lipinski definition) is 1. The zero-order valence-corrected chi connectivity index (χ0v) is 10.7. The average Bonchev–Trinajstić information content (AvgIpc) is 2.71. The number of nitrogens with zero attached hydrogens (tertiary/aromatic N) is 1. The van der Waals surface area contributed by atoms with E-state index in [1.54, 1.807) is 11.3 Å². The van der Waals surface area contributed by atoms with Crippen molar-refractivity contribution in [2.75, 3.05) is 20.1 Å². The van der Waals surface area contributed by atoms with Crippen LogP contribution < -0.4 is 5.73 Å². The van der Waals surface area contributed by atoms with Gasteiger partial charge in [-0.2, -0.15) is 11.3 Å². The standard InChI is InChI=1S/C11H18N2S.ClH/c1-13-5-2-9(3-6-13)11(12)10-4-7-14-8-10;/h4,7-9,11H,2-3,5-6,12H2,1H3;1H. The summed E-state index contributed by atoms with van der Waals surface area (Å²) in [6.07, 6.45) is 2.49. The normalized spacial score (nSPS) is 20.9. The van der Waals surface area contributed by atoms with E-state index < -0.39 is 0 Å². The molecule has 0 spiro atoms. The van der Waals surface area contributed by atoms with Gasteiger partial charge in [-0.25, -0.2) is 0 Å². The van der Waals surface area contributed by atoms with Crippen molar-refractivity contribution in [1.29, 1.82) is 0 Å². The SMILES string of the molecule is CN1CCC(C(N)c2ccsc2)CC1.Cl. The molecule has 0 amide bonds. The molecule has 1 atom stereocenters. The van der Waals surface area contributed by atoms with E-state index in [2.05, 4.69) is 28.8 Å². The van der Waals surface area contributed by atoms with E-state index in [0.29, 0.717) is 5.92 Å². The Morgan fingerprint density at radius 1 is 1.47 bits per heavy atom. The van der Waals surface area contributed by atoms with Crippen molar-refractivity contribution >= 4 is 23.7 Å². The Labute approximate surface area is 102 Å². The van der Waals surface area contributed by atoms with Gasteiger partial charge in [-0.1, -0.05) is 0 Å². The summed E-state index contributed by atoms with van der Waals surface area (Å²) in [5, 5.41) is 4.30. The highest BCUT2D eigenvalue weighted by atomic mass is 35.5. The number of rotatable bonds is 2. The maximum Gasteiger partial charge on any atom is 0.0332 e. The van der Waals surface area contributed by atoms with E-state index in [1.807, 2.05) is 0 Å². The lowest BCUT2D eigenvalue weighted by molar-refractivity contribution is 0.199. The smallest absolute Gasteiger partial charge is 0.0332 e. The lowest BCUT2D eigenvalue weighted by Crippen LogP contribution is -2.35. The molecular weight excluding hydrogens is 228 g/mol. The minimum Gasteiger partial charge on any atom is -0.324 e. The highest BCUT2D eigenvalue weighted by Gasteiger charge is 2.23. The minimum atomic E-state index is 0. The van der Waals surface area contributed by atoms with E-state index in [4.69, 9.17) is 5.73 Å². The highest BCUT2D eigenvalue weighted by Crippen LogP contribution is 2.29. The van der Waals surface area contributed by atoms with Gasteiger partial charge in [0.2, 0.25) is 0 Å². The van der Waals surface area contributed by atoms with Crippen molar-refractivity contribution in [3.8, 4) is 0 Å². The summed E-state index contributed by atoms with van der Waals surface area (Å²) >= 11 is 1.74. The number of thiophene rings is 1. The first kappa shape index (κ1) is 13.0. The fraction of sp³-hybridized carbons (Fsp3) is 0.636. The molecule has 0 aliphatic carbocycles. The molecule has 0 bridgehead atoms. The maximum absolute atomic E-state index is 6.25. The van der Waals surface area contributed by atoms with Crippen LogP contribution in [-0.4, -0.2) is 25.0 Å². The highest BCUT2D eigenvalue weighted by molar-refractivity contribution is 7.07. The first-order valence-corrected chi connectivity index (χ1v) is 6.18. The summed E-state index contributed by atoms with van der Waals surface area (Å²) in [5.74, 6) is 0.681. The molecule has 0 saturated carbocycles. The van der Waals surface area contributed by atoms with Gasteiger partial charge in [-0.15, -0.1) is 12.4 Å². The topological polar surface area (TPSA) is 29.3 Å². The zero-order chi connectivity index (χ0) is 9.97. The first-order chi connectivity index (χ1) is 6.77. The molecule has 86 valence electrons. The lowest BCUT2D eigenvalue weighted by atomic mass is 9.87. The fourth-order valence-electron chi connectivity index (χ4n) is 2.12. The Balaban J connectivity index is 0.00000112. The van der Waals surface area contributed by atoms with E-state index in [-0.39, 0.29) is 18.4 Å². The van der Waals surface area contributed by atoms with Crippen LogP contribution in [0.3, 0.4) is 0 Å². The van der Waals surface area contributed by atoms with Crippen LogP contribution in [0.25, 0.3) is 0 Å². The van der Waals surface area contributed by atoms with Gasteiger partial charge in [-0.05, 0) is 61.3 Å². The molecule has 1 aliphatic heterocycles. The average molecular weight is 247 g/mol. The Kier molecular flexibility index (Phi) is 5.06. The monoisotopic (exact) mass is 246 g/mol. The summed E-state index contributed by atoms with van der Waals surface area (Å²) in [5.41, 5.74) is 7.57. The molecule has 2 nitrogen and oxygen atoms in total. The third kappa shape index (κ3) is 3.18. The van der Waals surface area contributed by atoms with Crippen LogP contribution in [0.5, 0.6) is 0 Å². The molecule has 2 N–H and O–H groups in total. The second-order valence-corrected chi connectivity index (χ2v) is 5.00. The molecule has 0 aromatic carbocycles. The van der Waals surface area contributed by atoms with Crippen LogP contribution in [0.4, 0.5) is 0 Å². The van der Waals surface area contributed by atoms with Gasteiger partial charge in [0.25, 0.3) is 0 Å². The van der Waals surface area contributed by atoms with Gasteiger partial charge >= 0.3 is 0 Å². The van der Waals surface area contributed by atoms with Crippen LogP contribution in [0.2, 0.25) is 0 Å². The molecule has 1 aliphatic rings. The van der Waals surface area contributed by atoms with Crippen LogP contribution in [-0.2, 0) is 0 Å². The molecular formula is C11H19ClN2S. The molecule has 1 aromatic heterocycles. The van der Waals surface area contributed by atoms with Crippen molar-refractivity contribution in [1.82, 2.24) is 4.90 Å². The number of piperidine rings is 1. The molecule has 4 heteroatoms. The van der Waals surface area contributed by atoms with E-state index >= 15 is 0 Å². The molecule has 2 rings (SSSR count). The molecule has 2 heterocycles. The van der Waals surface area contributed by atoms with Gasteiger partial charge in [0.1, 0.15) is 0 Å². The Morgan fingerprint density at radius 2 is 2.13 bits per heavy atom. The third-order valence-corrected chi connectivity index (χ3v) is 3.90. The Bertz CT molecular complexity index is 268. The van der Waals surface area contributed by atoms with Crippen LogP contribution >= 0.6 is 23.7 Å². The van der Waals surface area contributed by atoms with E-state index in [9.17, 15) is 0 Å². The molecule has 1 unspecified atom stereocenters. The summed E-state index contributed by atoms with van der Waals surface area (Å²) in [7, 11) is 2.19. The summed E-state index contributed by atoms with van der Waals surface area (Å²) < 4.78 is 0. The van der Waals surface area contributed by atoms with Gasteiger partial charge < -0.3 is 10.6 Å². The molecule has 1 aromatic rings. The van der Waals surface area contributed by atoms with Crippen LogP contribution in [0.1, 0.15) is 24.4 Å². The van der Waals surface area contributed by atoms with E-state index in [0.717, 1.165) is 0 Å². The van der Waals surface area contributed by atoms with Crippen LogP contribution in [0.15, 0.2) is 16.8 Å². The van der Waals surface area contributed by atoms with Crippen molar-refractivity contribution in [3.63, 3.8) is 0 Å². The van der Waals surface area contributed by atoms with Gasteiger partial charge in [0.15, 0.2) is 0 Å². The van der Waals surface area contributed by atoms with Crippen molar-refractivity contribution in [2.45, 2.75) is 18.9 Å². The zero-order valence-electron chi connectivity index (χ0n) is 9.06. The number of halogens is 1. The number of likely N-dealkylation sites (tertiary alicyclic amines) is 1. The summed E-state index contributed by atoms with van der Waals surface area (Å²) in [6, 6.07) is 2.42. The van der Waals surface area contributed by atoms with Crippen molar-refractivity contribution in [2.24, 2.45) is 11.7 Å². The largest absolute Gasteiger partial charge is 0.324 e. The number of nitrogens with two attached hydrogens (primary N) is 1. The van der Waals surface area contributed by atoms with Gasteiger partial charge in [0, 0.05) is 6.04 Å². The predicted octanol–water partition coefficient (Wildman–Crippen LogP) is 2.51.